The van der Waals surface area contributed by atoms with Gasteiger partial charge < -0.3 is 5.73 Å². The molecule has 0 amide bonds. The fourth-order valence-corrected chi connectivity index (χ4v) is 4.80. The van der Waals surface area contributed by atoms with Crippen molar-refractivity contribution in [3.8, 4) is 0 Å². The van der Waals surface area contributed by atoms with E-state index in [1.54, 1.807) is 0 Å². The quantitative estimate of drug-likeness (QED) is 0.867. The summed E-state index contributed by atoms with van der Waals surface area (Å²) in [7, 11) is 0. The summed E-state index contributed by atoms with van der Waals surface area (Å²) in [4.78, 5) is 2.27. The Morgan fingerprint density at radius 2 is 2.15 bits per heavy atom. The molecule has 0 aromatic rings. The molecule has 0 bridgehead atoms. The van der Waals surface area contributed by atoms with E-state index in [1.807, 2.05) is 11.8 Å². The van der Waals surface area contributed by atoms with Crippen LogP contribution in [0.5, 0.6) is 0 Å². The summed E-state index contributed by atoms with van der Waals surface area (Å²) < 4.78 is 39.2. The lowest BCUT2D eigenvalue weighted by atomic mass is 9.74. The van der Waals surface area contributed by atoms with Crippen LogP contribution in [0.15, 0.2) is 0 Å². The fourth-order valence-electron chi connectivity index (χ4n) is 3.62. The van der Waals surface area contributed by atoms with Gasteiger partial charge in [-0.25, -0.2) is 0 Å². The van der Waals surface area contributed by atoms with Gasteiger partial charge in [-0.1, -0.05) is 13.3 Å². The fraction of sp³-hybridized carbons (Fsp3) is 1.00. The lowest BCUT2D eigenvalue weighted by Crippen LogP contribution is -2.60. The predicted molar refractivity (Wildman–Crippen MR) is 77.9 cm³/mol. The minimum Gasteiger partial charge on any atom is -0.329 e. The molecule has 0 aromatic heterocycles. The van der Waals surface area contributed by atoms with E-state index in [9.17, 15) is 13.2 Å². The van der Waals surface area contributed by atoms with Gasteiger partial charge in [0.1, 0.15) is 0 Å². The van der Waals surface area contributed by atoms with Gasteiger partial charge in [0.15, 0.2) is 0 Å². The zero-order valence-electron chi connectivity index (χ0n) is 12.1. The van der Waals surface area contributed by atoms with E-state index in [4.69, 9.17) is 5.73 Å². The Morgan fingerprint density at radius 1 is 1.40 bits per heavy atom. The van der Waals surface area contributed by atoms with E-state index in [2.05, 4.69) is 11.8 Å². The number of hydrogen-bond acceptors (Lipinski definition) is 3. The Balaban J connectivity index is 2.11. The molecule has 20 heavy (non-hydrogen) atoms. The molecule has 1 aliphatic heterocycles. The molecule has 2 rings (SSSR count). The summed E-state index contributed by atoms with van der Waals surface area (Å²) in [5.74, 6) is -0.161. The van der Waals surface area contributed by atoms with Crippen LogP contribution < -0.4 is 5.73 Å². The van der Waals surface area contributed by atoms with Crippen molar-refractivity contribution >= 4 is 11.8 Å². The number of hydrogen-bond donors (Lipinski definition) is 1. The normalized spacial score (nSPS) is 37.0. The first kappa shape index (κ1) is 16.4. The van der Waals surface area contributed by atoms with E-state index in [-0.39, 0.29) is 12.8 Å². The van der Waals surface area contributed by atoms with Crippen molar-refractivity contribution in [2.24, 2.45) is 11.7 Å². The molecule has 0 spiro atoms. The van der Waals surface area contributed by atoms with Crippen LogP contribution in [-0.2, 0) is 0 Å². The lowest BCUT2D eigenvalue weighted by Gasteiger charge is -2.51. The molecule has 1 aliphatic carbocycles. The minimum absolute atomic E-state index is 0.189. The minimum atomic E-state index is -4.07. The topological polar surface area (TPSA) is 29.3 Å². The predicted octanol–water partition coefficient (Wildman–Crippen LogP) is 3.26. The van der Waals surface area contributed by atoms with E-state index < -0.39 is 17.6 Å². The highest BCUT2D eigenvalue weighted by molar-refractivity contribution is 8.00. The average Bonchev–Trinajstić information content (AvgIpc) is 2.46. The summed E-state index contributed by atoms with van der Waals surface area (Å²) in [5, 5.41) is 0.540. The number of halogens is 3. The second kappa shape index (κ2) is 6.44. The van der Waals surface area contributed by atoms with E-state index in [1.165, 1.54) is 0 Å². The first-order valence-corrected chi connectivity index (χ1v) is 8.59. The molecule has 3 atom stereocenters. The van der Waals surface area contributed by atoms with Gasteiger partial charge in [-0.3, -0.25) is 4.90 Å². The van der Waals surface area contributed by atoms with E-state index in [0.29, 0.717) is 18.2 Å². The molecule has 118 valence electrons. The van der Waals surface area contributed by atoms with Gasteiger partial charge in [-0.05, 0) is 25.7 Å². The molecule has 2 N–H and O–H groups in total. The molecule has 2 fully saturated rings. The molecule has 1 saturated heterocycles. The Bertz CT molecular complexity index is 324. The van der Waals surface area contributed by atoms with Crippen molar-refractivity contribution < 1.29 is 13.2 Å². The Morgan fingerprint density at radius 3 is 2.75 bits per heavy atom. The van der Waals surface area contributed by atoms with Crippen molar-refractivity contribution in [2.45, 2.75) is 56.0 Å². The molecular weight excluding hydrogens is 285 g/mol. The van der Waals surface area contributed by atoms with Crippen molar-refractivity contribution in [1.82, 2.24) is 4.90 Å². The van der Waals surface area contributed by atoms with Crippen LogP contribution in [0.2, 0.25) is 0 Å². The first-order valence-electron chi connectivity index (χ1n) is 7.55. The molecule has 1 saturated carbocycles. The van der Waals surface area contributed by atoms with Gasteiger partial charge in [0.25, 0.3) is 0 Å². The summed E-state index contributed by atoms with van der Waals surface area (Å²) in [6, 6.07) is 0. The first-order chi connectivity index (χ1) is 9.41. The maximum absolute atomic E-state index is 13.1. The van der Waals surface area contributed by atoms with Gasteiger partial charge in [-0.2, -0.15) is 24.9 Å². The van der Waals surface area contributed by atoms with E-state index in [0.717, 1.165) is 31.7 Å². The van der Waals surface area contributed by atoms with Crippen molar-refractivity contribution in [3.63, 3.8) is 0 Å². The highest BCUT2D eigenvalue weighted by atomic mass is 32.2. The van der Waals surface area contributed by atoms with Crippen LogP contribution in [0.1, 0.15) is 39.0 Å². The smallest absolute Gasteiger partial charge is 0.329 e. The Hall–Kier alpha value is 0.0600. The highest BCUT2D eigenvalue weighted by Crippen LogP contribution is 2.44. The molecule has 0 radical (unpaired) electrons. The van der Waals surface area contributed by atoms with E-state index >= 15 is 0 Å². The standard InChI is InChI=1S/C14H25F3N2S/c1-2-12-9-19(6-7-20-12)13(10-18)5-3-4-11(8-13)14(15,16)17/h11-12H,2-10,18H2,1H3. The monoisotopic (exact) mass is 310 g/mol. The maximum Gasteiger partial charge on any atom is 0.391 e. The number of nitrogens with zero attached hydrogens (tertiary/aromatic N) is 1. The Labute approximate surface area is 123 Å². The Kier molecular flexibility index (Phi) is 5.29. The van der Waals surface area contributed by atoms with Gasteiger partial charge in [0, 0.05) is 36.2 Å². The molecule has 1 heterocycles. The number of rotatable bonds is 3. The van der Waals surface area contributed by atoms with Crippen LogP contribution in [0.25, 0.3) is 0 Å². The summed E-state index contributed by atoms with van der Waals surface area (Å²) in [5.41, 5.74) is 5.52. The van der Waals surface area contributed by atoms with Crippen molar-refractivity contribution in [3.05, 3.63) is 0 Å². The number of nitrogens with two attached hydrogens (primary N) is 1. The van der Waals surface area contributed by atoms with Gasteiger partial charge in [0.2, 0.25) is 0 Å². The van der Waals surface area contributed by atoms with Crippen LogP contribution in [0.4, 0.5) is 13.2 Å². The zero-order chi connectivity index (χ0) is 14.8. The molecule has 2 nitrogen and oxygen atoms in total. The SMILES string of the molecule is CCC1CN(C2(CN)CCCC(C(F)(F)F)C2)CCS1. The second-order valence-corrected chi connectivity index (χ2v) is 7.52. The summed E-state index contributed by atoms with van der Waals surface area (Å²) in [6.07, 6.45) is -1.09. The third kappa shape index (κ3) is 3.45. The van der Waals surface area contributed by atoms with Crippen LogP contribution >= 0.6 is 11.8 Å². The molecule has 2 aliphatic rings. The summed E-state index contributed by atoms with van der Waals surface area (Å²) in [6.45, 7) is 4.27. The maximum atomic E-state index is 13.1. The molecular formula is C14H25F3N2S. The van der Waals surface area contributed by atoms with Gasteiger partial charge >= 0.3 is 6.18 Å². The van der Waals surface area contributed by atoms with Crippen LogP contribution in [-0.4, -0.2) is 47.3 Å². The average molecular weight is 310 g/mol. The third-order valence-electron chi connectivity index (χ3n) is 4.93. The van der Waals surface area contributed by atoms with Crippen LogP contribution in [0, 0.1) is 5.92 Å². The third-order valence-corrected chi connectivity index (χ3v) is 6.30. The number of alkyl halides is 3. The summed E-state index contributed by atoms with van der Waals surface area (Å²) >= 11 is 1.94. The van der Waals surface area contributed by atoms with Gasteiger partial charge in [-0.15, -0.1) is 0 Å². The largest absolute Gasteiger partial charge is 0.391 e. The highest BCUT2D eigenvalue weighted by Gasteiger charge is 2.49. The van der Waals surface area contributed by atoms with Crippen molar-refractivity contribution in [2.75, 3.05) is 25.4 Å². The van der Waals surface area contributed by atoms with Crippen molar-refractivity contribution in [1.29, 1.82) is 0 Å². The molecule has 0 aromatic carbocycles. The lowest BCUT2D eigenvalue weighted by molar-refractivity contribution is -0.193. The molecule has 6 heteroatoms. The molecule has 3 unspecified atom stereocenters. The zero-order valence-corrected chi connectivity index (χ0v) is 12.9. The van der Waals surface area contributed by atoms with Crippen LogP contribution in [0.3, 0.4) is 0 Å². The van der Waals surface area contributed by atoms with Gasteiger partial charge in [0.05, 0.1) is 5.92 Å². The second-order valence-electron chi connectivity index (χ2n) is 6.11. The number of thioether (sulfide) groups is 1.